The molecule has 2 amide bonds. The first-order valence-corrected chi connectivity index (χ1v) is 9.66. The van der Waals surface area contributed by atoms with Crippen LogP contribution in [0.3, 0.4) is 0 Å². The Hall–Kier alpha value is -3.56. The average molecular weight is 421 g/mol. The Morgan fingerprint density at radius 1 is 1.03 bits per heavy atom. The lowest BCUT2D eigenvalue weighted by atomic mass is 9.86. The van der Waals surface area contributed by atoms with E-state index in [0.29, 0.717) is 22.1 Å². The van der Waals surface area contributed by atoms with E-state index in [1.807, 2.05) is 30.3 Å². The van der Waals surface area contributed by atoms with Gasteiger partial charge in [-0.2, -0.15) is 5.26 Å². The van der Waals surface area contributed by atoms with Crippen molar-refractivity contribution in [2.45, 2.75) is 26.2 Å². The number of urea groups is 1. The summed E-state index contributed by atoms with van der Waals surface area (Å²) in [5.41, 5.74) is 1.92. The summed E-state index contributed by atoms with van der Waals surface area (Å²) in [6.45, 7) is 6.23. The van der Waals surface area contributed by atoms with Crippen LogP contribution in [-0.4, -0.2) is 11.0 Å². The van der Waals surface area contributed by atoms with Gasteiger partial charge in [-0.25, -0.2) is 9.78 Å². The monoisotopic (exact) mass is 420 g/mol. The van der Waals surface area contributed by atoms with E-state index >= 15 is 0 Å². The number of hydrogen-bond acceptors (Lipinski definition) is 4. The summed E-state index contributed by atoms with van der Waals surface area (Å²) >= 11 is 5.87. The van der Waals surface area contributed by atoms with Gasteiger partial charge in [-0.05, 0) is 47.9 Å². The molecule has 0 saturated heterocycles. The molecule has 6 nitrogen and oxygen atoms in total. The number of para-hydroxylation sites is 1. The van der Waals surface area contributed by atoms with Crippen molar-refractivity contribution >= 4 is 29.0 Å². The van der Waals surface area contributed by atoms with Gasteiger partial charge in [0.25, 0.3) is 0 Å². The number of halogens is 1. The lowest BCUT2D eigenvalue weighted by molar-refractivity contribution is 0.262. The predicted octanol–water partition coefficient (Wildman–Crippen LogP) is 6.34. The van der Waals surface area contributed by atoms with Gasteiger partial charge in [0, 0.05) is 16.3 Å². The molecule has 3 aromatic rings. The summed E-state index contributed by atoms with van der Waals surface area (Å²) in [6.07, 6.45) is 0. The number of rotatable bonds is 4. The van der Waals surface area contributed by atoms with E-state index in [-0.39, 0.29) is 17.0 Å². The third-order valence-electron chi connectivity index (χ3n) is 4.23. The fourth-order valence-corrected chi connectivity index (χ4v) is 2.90. The molecule has 2 N–H and O–H groups in total. The quantitative estimate of drug-likeness (QED) is 0.515. The standard InChI is InChI=1S/C23H21ClN4O2/c1-23(2,3)18-6-4-5-7-20(18)30-21-19(13-12-17(14-25)26-21)28-22(29)27-16-10-8-15(24)9-11-16/h4-13H,1-3H3,(H2,27,28,29). The summed E-state index contributed by atoms with van der Waals surface area (Å²) < 4.78 is 6.05. The van der Waals surface area contributed by atoms with Gasteiger partial charge in [0.05, 0.1) is 0 Å². The molecule has 1 aromatic heterocycles. The van der Waals surface area contributed by atoms with Crippen molar-refractivity contribution in [2.75, 3.05) is 10.6 Å². The number of carbonyl (C=O) groups is 1. The van der Waals surface area contributed by atoms with Crippen molar-refractivity contribution in [2.24, 2.45) is 0 Å². The number of nitrogens with zero attached hydrogens (tertiary/aromatic N) is 2. The molecule has 30 heavy (non-hydrogen) atoms. The molecule has 152 valence electrons. The minimum atomic E-state index is -0.474. The van der Waals surface area contributed by atoms with E-state index in [0.717, 1.165) is 5.56 Å². The second kappa shape index (κ2) is 8.85. The predicted molar refractivity (Wildman–Crippen MR) is 118 cm³/mol. The zero-order chi connectivity index (χ0) is 21.7. The van der Waals surface area contributed by atoms with Crippen LogP contribution in [0.25, 0.3) is 0 Å². The number of ether oxygens (including phenoxy) is 1. The molecule has 0 radical (unpaired) electrons. The van der Waals surface area contributed by atoms with Crippen LogP contribution < -0.4 is 15.4 Å². The van der Waals surface area contributed by atoms with Crippen LogP contribution in [0.5, 0.6) is 11.6 Å². The molecule has 0 fully saturated rings. The maximum absolute atomic E-state index is 12.4. The lowest BCUT2D eigenvalue weighted by Crippen LogP contribution is -2.20. The minimum absolute atomic E-state index is 0.136. The number of amides is 2. The number of benzene rings is 2. The molecule has 0 aliphatic heterocycles. The topological polar surface area (TPSA) is 87.0 Å². The van der Waals surface area contributed by atoms with Gasteiger partial charge in [0.1, 0.15) is 23.2 Å². The first-order valence-electron chi connectivity index (χ1n) is 9.28. The largest absolute Gasteiger partial charge is 0.437 e. The molecular weight excluding hydrogens is 400 g/mol. The van der Waals surface area contributed by atoms with Crippen molar-refractivity contribution < 1.29 is 9.53 Å². The summed E-state index contributed by atoms with van der Waals surface area (Å²) in [6, 6.07) is 19.0. The fourth-order valence-electron chi connectivity index (χ4n) is 2.77. The molecule has 0 bridgehead atoms. The van der Waals surface area contributed by atoms with Crippen molar-refractivity contribution in [3.63, 3.8) is 0 Å². The average Bonchev–Trinajstić information content (AvgIpc) is 2.70. The molecule has 2 aromatic carbocycles. The summed E-state index contributed by atoms with van der Waals surface area (Å²) in [4.78, 5) is 16.7. The van der Waals surface area contributed by atoms with Gasteiger partial charge >= 0.3 is 6.03 Å². The van der Waals surface area contributed by atoms with Crippen molar-refractivity contribution in [3.05, 3.63) is 76.9 Å². The first-order chi connectivity index (χ1) is 14.3. The van der Waals surface area contributed by atoms with Crippen molar-refractivity contribution in [1.29, 1.82) is 5.26 Å². The van der Waals surface area contributed by atoms with Crippen LogP contribution >= 0.6 is 11.6 Å². The molecule has 7 heteroatoms. The Bertz CT molecular complexity index is 1100. The highest BCUT2D eigenvalue weighted by Crippen LogP contribution is 2.35. The Morgan fingerprint density at radius 3 is 2.40 bits per heavy atom. The molecule has 0 atom stereocenters. The minimum Gasteiger partial charge on any atom is -0.437 e. The first kappa shape index (κ1) is 21.2. The number of anilines is 2. The van der Waals surface area contributed by atoms with Crippen LogP contribution in [0.15, 0.2) is 60.7 Å². The number of nitrogens with one attached hydrogen (secondary N) is 2. The summed E-state index contributed by atoms with van der Waals surface area (Å²) in [5, 5.41) is 15.2. The fraction of sp³-hybridized carbons (Fsp3) is 0.174. The number of pyridine rings is 1. The van der Waals surface area contributed by atoms with Crippen LogP contribution in [0.1, 0.15) is 32.0 Å². The molecule has 0 aliphatic rings. The van der Waals surface area contributed by atoms with Gasteiger partial charge in [-0.15, -0.1) is 0 Å². The van der Waals surface area contributed by atoms with Crippen LogP contribution in [0.4, 0.5) is 16.2 Å². The van der Waals surface area contributed by atoms with Crippen LogP contribution in [0, 0.1) is 11.3 Å². The van der Waals surface area contributed by atoms with E-state index in [1.54, 1.807) is 30.3 Å². The summed E-state index contributed by atoms with van der Waals surface area (Å²) in [7, 11) is 0. The molecule has 0 aliphatic carbocycles. The van der Waals surface area contributed by atoms with Gasteiger partial charge in [-0.3, -0.25) is 0 Å². The smallest absolute Gasteiger partial charge is 0.323 e. The lowest BCUT2D eigenvalue weighted by Gasteiger charge is -2.22. The van der Waals surface area contributed by atoms with E-state index in [1.165, 1.54) is 6.07 Å². The highest BCUT2D eigenvalue weighted by molar-refractivity contribution is 6.30. The van der Waals surface area contributed by atoms with Crippen molar-refractivity contribution in [3.8, 4) is 17.7 Å². The zero-order valence-electron chi connectivity index (χ0n) is 16.9. The molecule has 0 saturated carbocycles. The molecule has 3 rings (SSSR count). The zero-order valence-corrected chi connectivity index (χ0v) is 17.6. The summed E-state index contributed by atoms with van der Waals surface area (Å²) in [5.74, 6) is 0.741. The highest BCUT2D eigenvalue weighted by atomic mass is 35.5. The van der Waals surface area contributed by atoms with Gasteiger partial charge < -0.3 is 15.4 Å². The second-order valence-corrected chi connectivity index (χ2v) is 8.03. The molecule has 1 heterocycles. The maximum atomic E-state index is 12.4. The number of aromatic nitrogens is 1. The van der Waals surface area contributed by atoms with Gasteiger partial charge in [0.2, 0.25) is 5.88 Å². The van der Waals surface area contributed by atoms with Crippen LogP contribution in [-0.2, 0) is 5.41 Å². The molecular formula is C23H21ClN4O2. The molecule has 0 spiro atoms. The van der Waals surface area contributed by atoms with E-state index in [4.69, 9.17) is 16.3 Å². The number of carbonyl (C=O) groups excluding carboxylic acids is 1. The van der Waals surface area contributed by atoms with E-state index in [2.05, 4.69) is 36.4 Å². The third kappa shape index (κ3) is 5.28. The highest BCUT2D eigenvalue weighted by Gasteiger charge is 2.20. The second-order valence-electron chi connectivity index (χ2n) is 7.60. The Kier molecular flexibility index (Phi) is 6.24. The van der Waals surface area contributed by atoms with Gasteiger partial charge in [0.15, 0.2) is 0 Å². The SMILES string of the molecule is CC(C)(C)c1ccccc1Oc1nc(C#N)ccc1NC(=O)Nc1ccc(Cl)cc1. The van der Waals surface area contributed by atoms with E-state index < -0.39 is 6.03 Å². The maximum Gasteiger partial charge on any atom is 0.323 e. The third-order valence-corrected chi connectivity index (χ3v) is 4.48. The normalized spacial score (nSPS) is 10.8. The Balaban J connectivity index is 1.87. The van der Waals surface area contributed by atoms with Crippen LogP contribution in [0.2, 0.25) is 5.02 Å². The Morgan fingerprint density at radius 2 is 1.73 bits per heavy atom. The Labute approximate surface area is 180 Å². The van der Waals surface area contributed by atoms with E-state index in [9.17, 15) is 10.1 Å². The molecule has 0 unspecified atom stereocenters. The number of hydrogen-bond donors (Lipinski definition) is 2. The van der Waals surface area contributed by atoms with Crippen molar-refractivity contribution in [1.82, 2.24) is 4.98 Å². The van der Waals surface area contributed by atoms with Gasteiger partial charge in [-0.1, -0.05) is 50.6 Å². The number of nitriles is 1.